The van der Waals surface area contributed by atoms with E-state index in [-0.39, 0.29) is 22.3 Å². The van der Waals surface area contributed by atoms with Crippen molar-refractivity contribution >= 4 is 39.4 Å². The van der Waals surface area contributed by atoms with E-state index in [0.29, 0.717) is 17.3 Å². The van der Waals surface area contributed by atoms with Crippen LogP contribution in [0.5, 0.6) is 11.6 Å². The van der Waals surface area contributed by atoms with Crippen LogP contribution in [-0.4, -0.2) is 21.4 Å². The molecule has 3 aromatic rings. The Balaban J connectivity index is 1.45. The summed E-state index contributed by atoms with van der Waals surface area (Å²) in [6.07, 6.45) is 3.31. The first-order valence-electron chi connectivity index (χ1n) is 9.05. The van der Waals surface area contributed by atoms with Crippen LogP contribution >= 0.6 is 11.8 Å². The summed E-state index contributed by atoms with van der Waals surface area (Å²) in [7, 11) is 0. The molecule has 2 unspecified atom stereocenters. The number of carbonyl (C=O) groups is 2. The number of anilines is 1. The Kier molecular flexibility index (Phi) is 3.98. The van der Waals surface area contributed by atoms with Crippen LogP contribution in [0.3, 0.4) is 0 Å². The maximum atomic E-state index is 12.0. The number of imide groups is 1. The van der Waals surface area contributed by atoms with Gasteiger partial charge in [0, 0.05) is 16.7 Å². The minimum Gasteiger partial charge on any atom is -0.438 e. The van der Waals surface area contributed by atoms with Crippen LogP contribution in [0.1, 0.15) is 23.5 Å². The van der Waals surface area contributed by atoms with Crippen molar-refractivity contribution in [3.63, 3.8) is 0 Å². The van der Waals surface area contributed by atoms with Crippen molar-refractivity contribution in [2.75, 3.05) is 5.73 Å². The van der Waals surface area contributed by atoms with Crippen LogP contribution in [0.25, 0.3) is 10.8 Å². The Labute approximate surface area is 165 Å². The number of fused-ring (bicyclic) bond motifs is 2. The molecule has 3 N–H and O–H groups in total. The van der Waals surface area contributed by atoms with E-state index in [0.717, 1.165) is 46.5 Å². The summed E-state index contributed by atoms with van der Waals surface area (Å²) in [5.74, 6) is 1.07. The third-order valence-corrected chi connectivity index (χ3v) is 6.44. The van der Waals surface area contributed by atoms with Crippen LogP contribution in [0.4, 0.5) is 10.5 Å². The smallest absolute Gasteiger partial charge is 0.286 e. The average molecular weight is 391 g/mol. The van der Waals surface area contributed by atoms with Crippen LogP contribution in [0.2, 0.25) is 0 Å². The van der Waals surface area contributed by atoms with Crippen molar-refractivity contribution in [2.45, 2.75) is 24.0 Å². The highest BCUT2D eigenvalue weighted by molar-refractivity contribution is 8.15. The number of carbonyl (C=O) groups excluding carboxylic acids is 2. The first-order valence-corrected chi connectivity index (χ1v) is 9.93. The van der Waals surface area contributed by atoms with Crippen LogP contribution in [0.15, 0.2) is 48.7 Å². The van der Waals surface area contributed by atoms with Crippen molar-refractivity contribution in [3.05, 3.63) is 59.8 Å². The number of aryl methyl sites for hydroxylation is 1. The highest BCUT2D eigenvalue weighted by atomic mass is 32.2. The minimum absolute atomic E-state index is 0.0518. The van der Waals surface area contributed by atoms with Crippen molar-refractivity contribution < 1.29 is 14.3 Å². The summed E-state index contributed by atoms with van der Waals surface area (Å²) in [6, 6.07) is 13.6. The molecular weight excluding hydrogens is 374 g/mol. The molecule has 2 heterocycles. The van der Waals surface area contributed by atoms with Crippen LogP contribution in [-0.2, 0) is 11.2 Å². The van der Waals surface area contributed by atoms with E-state index in [9.17, 15) is 9.59 Å². The summed E-state index contributed by atoms with van der Waals surface area (Å²) in [5.41, 5.74) is 8.89. The SMILES string of the molecule is Nc1cnc(Oc2ccc3c(c2)CCC3C2SC(=O)NC2=O)c2ccccc12. The first kappa shape index (κ1) is 17.1. The second-order valence-corrected chi connectivity index (χ2v) is 8.10. The number of ether oxygens (including phenoxy) is 1. The predicted molar refractivity (Wildman–Crippen MR) is 109 cm³/mol. The molecule has 2 aromatic carbocycles. The van der Waals surface area contributed by atoms with Gasteiger partial charge in [0.1, 0.15) is 11.0 Å². The first-order chi connectivity index (χ1) is 13.6. The van der Waals surface area contributed by atoms with E-state index in [1.54, 1.807) is 6.20 Å². The van der Waals surface area contributed by atoms with Gasteiger partial charge in [0.25, 0.3) is 5.24 Å². The molecule has 2 aliphatic rings. The Hall–Kier alpha value is -3.06. The average Bonchev–Trinajstić information content (AvgIpc) is 3.26. The number of aromatic nitrogens is 1. The van der Waals surface area contributed by atoms with E-state index in [1.165, 1.54) is 0 Å². The Morgan fingerprint density at radius 3 is 2.75 bits per heavy atom. The molecule has 1 aromatic heterocycles. The number of rotatable bonds is 3. The maximum Gasteiger partial charge on any atom is 0.286 e. The van der Waals surface area contributed by atoms with E-state index in [2.05, 4.69) is 10.3 Å². The van der Waals surface area contributed by atoms with Gasteiger partial charge in [-0.3, -0.25) is 14.9 Å². The molecule has 140 valence electrons. The van der Waals surface area contributed by atoms with Gasteiger partial charge in [0.2, 0.25) is 11.8 Å². The summed E-state index contributed by atoms with van der Waals surface area (Å²) in [4.78, 5) is 27.9. The summed E-state index contributed by atoms with van der Waals surface area (Å²) >= 11 is 1.09. The topological polar surface area (TPSA) is 94.3 Å². The van der Waals surface area contributed by atoms with Crippen molar-refractivity contribution in [1.82, 2.24) is 10.3 Å². The van der Waals surface area contributed by atoms with Gasteiger partial charge in [0.05, 0.1) is 11.9 Å². The molecule has 0 bridgehead atoms. The van der Waals surface area contributed by atoms with Gasteiger partial charge in [-0.15, -0.1) is 0 Å². The number of nitrogens with zero attached hydrogens (tertiary/aromatic N) is 1. The molecule has 0 saturated carbocycles. The molecule has 1 aliphatic heterocycles. The molecule has 2 amide bonds. The third kappa shape index (κ3) is 2.79. The number of hydrogen-bond donors (Lipinski definition) is 2. The fourth-order valence-electron chi connectivity index (χ4n) is 4.02. The van der Waals surface area contributed by atoms with Gasteiger partial charge in [0.15, 0.2) is 0 Å². The lowest BCUT2D eigenvalue weighted by molar-refractivity contribution is -0.119. The molecule has 1 fully saturated rings. The quantitative estimate of drug-likeness (QED) is 0.701. The number of hydrogen-bond acceptors (Lipinski definition) is 6. The molecule has 5 rings (SSSR count). The van der Waals surface area contributed by atoms with E-state index in [4.69, 9.17) is 10.5 Å². The van der Waals surface area contributed by atoms with Gasteiger partial charge in [-0.05, 0) is 42.2 Å². The fourth-order valence-corrected chi connectivity index (χ4v) is 5.02. The molecule has 2 atom stereocenters. The normalized spacial score (nSPS) is 21.0. The second kappa shape index (κ2) is 6.53. The Bertz CT molecular complexity index is 1130. The number of benzene rings is 2. The highest BCUT2D eigenvalue weighted by Crippen LogP contribution is 2.43. The van der Waals surface area contributed by atoms with Gasteiger partial charge in [-0.1, -0.05) is 36.0 Å². The molecule has 0 radical (unpaired) electrons. The molecule has 7 heteroatoms. The molecule has 0 spiro atoms. The number of nitrogen functional groups attached to an aromatic ring is 1. The lowest BCUT2D eigenvalue weighted by Crippen LogP contribution is -2.27. The molecule has 1 aliphatic carbocycles. The zero-order chi connectivity index (χ0) is 19.3. The monoisotopic (exact) mass is 391 g/mol. The third-order valence-electron chi connectivity index (χ3n) is 5.33. The maximum absolute atomic E-state index is 12.0. The van der Waals surface area contributed by atoms with Gasteiger partial charge >= 0.3 is 0 Å². The number of nitrogens with one attached hydrogen (secondary N) is 1. The molecular formula is C21H17N3O3S. The second-order valence-electron chi connectivity index (χ2n) is 6.99. The largest absolute Gasteiger partial charge is 0.438 e. The summed E-state index contributed by atoms with van der Waals surface area (Å²) in [6.45, 7) is 0. The zero-order valence-corrected chi connectivity index (χ0v) is 15.7. The van der Waals surface area contributed by atoms with E-state index in [1.807, 2.05) is 42.5 Å². The number of amides is 2. The van der Waals surface area contributed by atoms with E-state index < -0.39 is 0 Å². The van der Waals surface area contributed by atoms with Gasteiger partial charge in [-0.25, -0.2) is 4.98 Å². The predicted octanol–water partition coefficient (Wildman–Crippen LogP) is 3.99. The highest BCUT2D eigenvalue weighted by Gasteiger charge is 2.41. The summed E-state index contributed by atoms with van der Waals surface area (Å²) < 4.78 is 6.07. The number of thioether (sulfide) groups is 1. The van der Waals surface area contributed by atoms with Crippen molar-refractivity contribution in [1.29, 1.82) is 0 Å². The van der Waals surface area contributed by atoms with Gasteiger partial charge in [-0.2, -0.15) is 0 Å². The Morgan fingerprint density at radius 1 is 1.14 bits per heavy atom. The zero-order valence-electron chi connectivity index (χ0n) is 14.8. The number of nitrogens with two attached hydrogens (primary N) is 1. The van der Waals surface area contributed by atoms with Crippen LogP contribution < -0.4 is 15.8 Å². The fraction of sp³-hybridized carbons (Fsp3) is 0.190. The standard InChI is InChI=1S/C21H17N3O3S/c22-17-10-23-20(16-4-2-1-3-14(16)17)27-12-6-8-13-11(9-12)5-7-15(13)18-19(25)24-21(26)28-18/h1-4,6,8-10,15,18H,5,7,22H2,(H,24,25,26). The molecule has 1 saturated heterocycles. The van der Waals surface area contributed by atoms with E-state index >= 15 is 0 Å². The van der Waals surface area contributed by atoms with Crippen LogP contribution in [0, 0.1) is 0 Å². The summed E-state index contributed by atoms with van der Waals surface area (Å²) in [5, 5.41) is 3.54. The molecule has 28 heavy (non-hydrogen) atoms. The molecule has 6 nitrogen and oxygen atoms in total. The van der Waals surface area contributed by atoms with Crippen molar-refractivity contribution in [2.24, 2.45) is 0 Å². The number of pyridine rings is 1. The minimum atomic E-state index is -0.344. The Morgan fingerprint density at radius 2 is 1.96 bits per heavy atom. The van der Waals surface area contributed by atoms with Gasteiger partial charge < -0.3 is 10.5 Å². The van der Waals surface area contributed by atoms with Crippen molar-refractivity contribution in [3.8, 4) is 11.6 Å². The lowest BCUT2D eigenvalue weighted by Gasteiger charge is -2.16. The lowest BCUT2D eigenvalue weighted by atomic mass is 9.97.